The number of amides is 1. The van der Waals surface area contributed by atoms with E-state index in [1.807, 2.05) is 30.1 Å². The van der Waals surface area contributed by atoms with E-state index in [0.717, 1.165) is 30.9 Å². The molecule has 5 nitrogen and oxygen atoms in total. The van der Waals surface area contributed by atoms with E-state index in [1.165, 1.54) is 4.88 Å². The maximum Gasteiger partial charge on any atom is 0.221 e. The number of imidazole rings is 1. The molecule has 0 unspecified atom stereocenters. The number of hydrogen-bond acceptors (Lipinski definition) is 4. The minimum atomic E-state index is 0.0964. The molecule has 0 saturated carbocycles. The number of aromatic nitrogens is 3. The summed E-state index contributed by atoms with van der Waals surface area (Å²) in [6.45, 7) is 5.37. The van der Waals surface area contributed by atoms with Crippen LogP contribution in [0, 0.1) is 13.8 Å². The zero-order valence-electron chi connectivity index (χ0n) is 11.9. The van der Waals surface area contributed by atoms with Gasteiger partial charge in [0.2, 0.25) is 5.91 Å². The molecule has 0 aliphatic carbocycles. The lowest BCUT2D eigenvalue weighted by atomic mass is 10.2. The smallest absolute Gasteiger partial charge is 0.221 e. The van der Waals surface area contributed by atoms with Crippen LogP contribution in [0.4, 0.5) is 0 Å². The second-order valence-corrected chi connectivity index (χ2v) is 5.67. The topological polar surface area (TPSA) is 59.8 Å². The third-order valence-electron chi connectivity index (χ3n) is 3.25. The van der Waals surface area contributed by atoms with Crippen LogP contribution in [-0.2, 0) is 17.8 Å². The zero-order valence-corrected chi connectivity index (χ0v) is 12.7. The van der Waals surface area contributed by atoms with E-state index < -0.39 is 0 Å². The Morgan fingerprint density at radius 2 is 2.25 bits per heavy atom. The van der Waals surface area contributed by atoms with Crippen LogP contribution in [0.25, 0.3) is 0 Å². The second-order valence-electron chi connectivity index (χ2n) is 4.73. The molecule has 0 aliphatic heterocycles. The highest BCUT2D eigenvalue weighted by atomic mass is 32.1. The first kappa shape index (κ1) is 14.7. The summed E-state index contributed by atoms with van der Waals surface area (Å²) in [4.78, 5) is 21.4. The molecule has 0 fully saturated rings. The maximum absolute atomic E-state index is 11.7. The minimum absolute atomic E-state index is 0.0964. The summed E-state index contributed by atoms with van der Waals surface area (Å²) in [6.07, 6.45) is 6.09. The molecule has 2 heterocycles. The average Bonchev–Trinajstić information content (AvgIpc) is 3.01. The Morgan fingerprint density at radius 1 is 1.40 bits per heavy atom. The monoisotopic (exact) mass is 292 g/mol. The number of rotatable bonds is 7. The Kier molecular flexibility index (Phi) is 5.29. The Bertz CT molecular complexity index is 561. The van der Waals surface area contributed by atoms with Crippen molar-refractivity contribution in [3.05, 3.63) is 34.3 Å². The van der Waals surface area contributed by atoms with E-state index in [1.54, 1.807) is 17.5 Å². The van der Waals surface area contributed by atoms with Crippen molar-refractivity contribution < 1.29 is 4.79 Å². The van der Waals surface area contributed by atoms with Gasteiger partial charge in [-0.1, -0.05) is 0 Å². The van der Waals surface area contributed by atoms with Gasteiger partial charge in [-0.15, -0.1) is 11.3 Å². The predicted octanol–water partition coefficient (Wildman–Crippen LogP) is 2.10. The lowest BCUT2D eigenvalue weighted by Crippen LogP contribution is -2.25. The van der Waals surface area contributed by atoms with Gasteiger partial charge in [-0.2, -0.15) is 0 Å². The second kappa shape index (κ2) is 7.19. The molecule has 2 rings (SSSR count). The quantitative estimate of drug-likeness (QED) is 0.795. The minimum Gasteiger partial charge on any atom is -0.356 e. The van der Waals surface area contributed by atoms with Crippen LogP contribution in [0.1, 0.15) is 29.2 Å². The Labute approximate surface area is 123 Å². The molecule has 0 bridgehead atoms. The highest BCUT2D eigenvalue weighted by molar-refractivity contribution is 7.09. The summed E-state index contributed by atoms with van der Waals surface area (Å²) in [5.41, 5.74) is 2.98. The zero-order chi connectivity index (χ0) is 14.4. The fourth-order valence-corrected chi connectivity index (χ4v) is 2.82. The third-order valence-corrected chi connectivity index (χ3v) is 4.25. The van der Waals surface area contributed by atoms with Crippen LogP contribution < -0.4 is 5.32 Å². The van der Waals surface area contributed by atoms with Crippen molar-refractivity contribution in [2.75, 3.05) is 6.54 Å². The molecule has 0 aliphatic rings. The van der Waals surface area contributed by atoms with Crippen LogP contribution >= 0.6 is 11.3 Å². The molecule has 2 aromatic rings. The summed E-state index contributed by atoms with van der Waals surface area (Å²) in [5, 5.41) is 2.96. The van der Waals surface area contributed by atoms with Crippen LogP contribution in [0.5, 0.6) is 0 Å². The number of carbonyl (C=O) groups excluding carboxylic acids is 1. The van der Waals surface area contributed by atoms with Crippen molar-refractivity contribution in [1.82, 2.24) is 19.9 Å². The number of aryl methyl sites for hydroxylation is 4. The molecule has 0 atom stereocenters. The molecule has 6 heteroatoms. The van der Waals surface area contributed by atoms with E-state index in [0.29, 0.717) is 13.0 Å². The van der Waals surface area contributed by atoms with Gasteiger partial charge in [-0.05, 0) is 26.7 Å². The highest BCUT2D eigenvalue weighted by Gasteiger charge is 2.04. The molecule has 108 valence electrons. The van der Waals surface area contributed by atoms with Gasteiger partial charge < -0.3 is 9.88 Å². The van der Waals surface area contributed by atoms with Crippen LogP contribution in [0.2, 0.25) is 0 Å². The van der Waals surface area contributed by atoms with E-state index in [9.17, 15) is 4.79 Å². The van der Waals surface area contributed by atoms with Crippen molar-refractivity contribution in [3.8, 4) is 0 Å². The van der Waals surface area contributed by atoms with Gasteiger partial charge in [0.25, 0.3) is 0 Å². The van der Waals surface area contributed by atoms with Crippen LogP contribution in [0.3, 0.4) is 0 Å². The molecule has 2 aromatic heterocycles. The van der Waals surface area contributed by atoms with E-state index in [4.69, 9.17) is 0 Å². The van der Waals surface area contributed by atoms with Crippen molar-refractivity contribution >= 4 is 17.2 Å². The Hall–Kier alpha value is -1.69. The third kappa shape index (κ3) is 4.16. The van der Waals surface area contributed by atoms with Crippen molar-refractivity contribution in [3.63, 3.8) is 0 Å². The van der Waals surface area contributed by atoms with Crippen molar-refractivity contribution in [2.24, 2.45) is 0 Å². The molecule has 0 saturated heterocycles. The van der Waals surface area contributed by atoms with Crippen LogP contribution in [0.15, 0.2) is 17.9 Å². The highest BCUT2D eigenvalue weighted by Crippen LogP contribution is 2.13. The molecule has 20 heavy (non-hydrogen) atoms. The first-order chi connectivity index (χ1) is 9.66. The molecular formula is C14H20N4OS. The Balaban J connectivity index is 1.61. The lowest BCUT2D eigenvalue weighted by molar-refractivity contribution is -0.121. The first-order valence-electron chi connectivity index (χ1n) is 6.80. The number of hydrogen-bond donors (Lipinski definition) is 1. The average molecular weight is 292 g/mol. The van der Waals surface area contributed by atoms with Gasteiger partial charge in [0.1, 0.15) is 5.82 Å². The summed E-state index contributed by atoms with van der Waals surface area (Å²) in [7, 11) is 0. The standard InChI is InChI=1S/C14H20N4OS/c1-11-13(20-10-17-11)4-3-6-16-14(19)5-8-18-9-7-15-12(18)2/h7,9-10H,3-6,8H2,1-2H3,(H,16,19). The number of thiazole rings is 1. The first-order valence-corrected chi connectivity index (χ1v) is 7.68. The Morgan fingerprint density at radius 3 is 2.90 bits per heavy atom. The summed E-state index contributed by atoms with van der Waals surface area (Å²) < 4.78 is 1.99. The number of carbonyl (C=O) groups is 1. The predicted molar refractivity (Wildman–Crippen MR) is 79.8 cm³/mol. The van der Waals surface area contributed by atoms with E-state index >= 15 is 0 Å². The summed E-state index contributed by atoms with van der Waals surface area (Å²) in [5.74, 6) is 1.04. The largest absolute Gasteiger partial charge is 0.356 e. The van der Waals surface area contributed by atoms with Gasteiger partial charge in [-0.3, -0.25) is 4.79 Å². The van der Waals surface area contributed by atoms with Gasteiger partial charge in [-0.25, -0.2) is 9.97 Å². The van der Waals surface area contributed by atoms with Crippen LogP contribution in [-0.4, -0.2) is 27.0 Å². The number of nitrogens with zero attached hydrogens (tertiary/aromatic N) is 3. The summed E-state index contributed by atoms with van der Waals surface area (Å²) in [6, 6.07) is 0. The van der Waals surface area contributed by atoms with Gasteiger partial charge >= 0.3 is 0 Å². The van der Waals surface area contributed by atoms with E-state index in [2.05, 4.69) is 15.3 Å². The molecule has 1 N–H and O–H groups in total. The normalized spacial score (nSPS) is 10.7. The maximum atomic E-state index is 11.7. The molecule has 0 aromatic carbocycles. The molecular weight excluding hydrogens is 272 g/mol. The fourth-order valence-electron chi connectivity index (χ4n) is 1.99. The van der Waals surface area contributed by atoms with Gasteiger partial charge in [0.05, 0.1) is 11.2 Å². The number of nitrogens with one attached hydrogen (secondary N) is 1. The van der Waals surface area contributed by atoms with Gasteiger partial charge in [0, 0.05) is 36.8 Å². The SMILES string of the molecule is Cc1ncsc1CCCNC(=O)CCn1ccnc1C. The van der Waals surface area contributed by atoms with Crippen molar-refractivity contribution in [1.29, 1.82) is 0 Å². The van der Waals surface area contributed by atoms with Crippen molar-refractivity contribution in [2.45, 2.75) is 39.7 Å². The molecule has 1 amide bonds. The van der Waals surface area contributed by atoms with E-state index in [-0.39, 0.29) is 5.91 Å². The van der Waals surface area contributed by atoms with Gasteiger partial charge in [0.15, 0.2) is 0 Å². The summed E-state index contributed by atoms with van der Waals surface area (Å²) >= 11 is 1.68. The molecule has 0 radical (unpaired) electrons. The fraction of sp³-hybridized carbons (Fsp3) is 0.500. The molecule has 0 spiro atoms. The lowest BCUT2D eigenvalue weighted by Gasteiger charge is -2.06.